The van der Waals surface area contributed by atoms with E-state index in [2.05, 4.69) is 34.8 Å². The average Bonchev–Trinajstić information content (AvgIpc) is 3.21. The molecule has 22 heavy (non-hydrogen) atoms. The van der Waals surface area contributed by atoms with E-state index in [1.54, 1.807) is 0 Å². The predicted molar refractivity (Wildman–Crippen MR) is 84.2 cm³/mol. The summed E-state index contributed by atoms with van der Waals surface area (Å²) in [5.74, 6) is 0.509. The Labute approximate surface area is 131 Å². The SMILES string of the molecule is CCCn1cc(CNC[C@H]2CCO[C@@H]2c2cnn(C)c2)cn1. The summed E-state index contributed by atoms with van der Waals surface area (Å²) in [6.07, 6.45) is 10.4. The molecule has 2 aromatic rings. The summed E-state index contributed by atoms with van der Waals surface area (Å²) in [7, 11) is 1.94. The standard InChI is InChI=1S/C16H25N5O/c1-3-5-21-11-13(8-19-21)7-17-9-14-4-6-22-16(14)15-10-18-20(2)12-15/h8,10-12,14,16-17H,3-7,9H2,1-2H3/t14-,16+/m1/s1. The molecule has 0 bridgehead atoms. The number of nitrogens with one attached hydrogen (secondary N) is 1. The van der Waals surface area contributed by atoms with Crippen LogP contribution >= 0.6 is 0 Å². The molecule has 2 atom stereocenters. The molecular weight excluding hydrogens is 278 g/mol. The number of nitrogens with zero attached hydrogens (tertiary/aromatic N) is 4. The van der Waals surface area contributed by atoms with Crippen LogP contribution in [-0.2, 0) is 24.9 Å². The second-order valence-electron chi connectivity index (χ2n) is 6.03. The van der Waals surface area contributed by atoms with Gasteiger partial charge in [-0.1, -0.05) is 6.92 Å². The van der Waals surface area contributed by atoms with E-state index in [9.17, 15) is 0 Å². The number of aryl methyl sites for hydroxylation is 2. The molecule has 0 radical (unpaired) electrons. The Morgan fingerprint density at radius 1 is 1.32 bits per heavy atom. The molecule has 1 aliphatic rings. The lowest BCUT2D eigenvalue weighted by atomic mass is 9.97. The van der Waals surface area contributed by atoms with E-state index < -0.39 is 0 Å². The first kappa shape index (κ1) is 15.2. The largest absolute Gasteiger partial charge is 0.373 e. The first-order chi connectivity index (χ1) is 10.8. The van der Waals surface area contributed by atoms with Crippen molar-refractivity contribution in [2.75, 3.05) is 13.2 Å². The number of ether oxygens (including phenoxy) is 1. The Bertz CT molecular complexity index is 591. The van der Waals surface area contributed by atoms with E-state index >= 15 is 0 Å². The molecule has 3 rings (SSSR count). The monoisotopic (exact) mass is 303 g/mol. The van der Waals surface area contributed by atoms with Gasteiger partial charge in [0.1, 0.15) is 0 Å². The highest BCUT2D eigenvalue weighted by molar-refractivity contribution is 5.11. The molecule has 3 heterocycles. The van der Waals surface area contributed by atoms with Crippen LogP contribution in [0.5, 0.6) is 0 Å². The van der Waals surface area contributed by atoms with Crippen LogP contribution in [0, 0.1) is 5.92 Å². The molecule has 6 nitrogen and oxygen atoms in total. The highest BCUT2D eigenvalue weighted by Gasteiger charge is 2.30. The van der Waals surface area contributed by atoms with Gasteiger partial charge in [-0.05, 0) is 12.8 Å². The van der Waals surface area contributed by atoms with E-state index in [-0.39, 0.29) is 6.10 Å². The normalized spacial score (nSPS) is 21.5. The fraction of sp³-hybridized carbons (Fsp3) is 0.625. The molecule has 6 heteroatoms. The number of aromatic nitrogens is 4. The maximum Gasteiger partial charge on any atom is 0.0896 e. The quantitative estimate of drug-likeness (QED) is 0.849. The summed E-state index contributed by atoms with van der Waals surface area (Å²) >= 11 is 0. The molecule has 0 amide bonds. The third-order valence-electron chi connectivity index (χ3n) is 4.14. The Balaban J connectivity index is 1.50. The van der Waals surface area contributed by atoms with Crippen molar-refractivity contribution in [3.05, 3.63) is 35.9 Å². The minimum Gasteiger partial charge on any atom is -0.373 e. The first-order valence-corrected chi connectivity index (χ1v) is 8.08. The summed E-state index contributed by atoms with van der Waals surface area (Å²) < 4.78 is 9.74. The molecule has 0 spiro atoms. The first-order valence-electron chi connectivity index (χ1n) is 8.08. The van der Waals surface area contributed by atoms with Crippen LogP contribution < -0.4 is 5.32 Å². The summed E-state index contributed by atoms with van der Waals surface area (Å²) in [5, 5.41) is 12.2. The van der Waals surface area contributed by atoms with Crippen LogP contribution in [0.4, 0.5) is 0 Å². The topological polar surface area (TPSA) is 56.9 Å². The molecule has 0 aromatic carbocycles. The highest BCUT2D eigenvalue weighted by Crippen LogP contribution is 2.33. The van der Waals surface area contributed by atoms with Crippen molar-refractivity contribution >= 4 is 0 Å². The maximum absolute atomic E-state index is 5.89. The van der Waals surface area contributed by atoms with Crippen LogP contribution in [0.25, 0.3) is 0 Å². The van der Waals surface area contributed by atoms with Crippen LogP contribution in [0.3, 0.4) is 0 Å². The summed E-state index contributed by atoms with van der Waals surface area (Å²) in [4.78, 5) is 0. The van der Waals surface area contributed by atoms with E-state index in [0.29, 0.717) is 5.92 Å². The Hall–Kier alpha value is -1.66. The lowest BCUT2D eigenvalue weighted by Gasteiger charge is -2.17. The Kier molecular flexibility index (Phi) is 4.90. The van der Waals surface area contributed by atoms with Crippen molar-refractivity contribution in [1.29, 1.82) is 0 Å². The van der Waals surface area contributed by atoms with Crippen molar-refractivity contribution < 1.29 is 4.74 Å². The molecule has 0 saturated carbocycles. The number of rotatable bonds is 7. The minimum atomic E-state index is 0.170. The Morgan fingerprint density at radius 2 is 2.23 bits per heavy atom. The second-order valence-corrected chi connectivity index (χ2v) is 6.03. The lowest BCUT2D eigenvalue weighted by Crippen LogP contribution is -2.24. The molecule has 1 fully saturated rings. The summed E-state index contributed by atoms with van der Waals surface area (Å²) in [6, 6.07) is 0. The van der Waals surface area contributed by atoms with E-state index in [4.69, 9.17) is 4.74 Å². The van der Waals surface area contributed by atoms with Crippen molar-refractivity contribution in [1.82, 2.24) is 24.9 Å². The molecule has 120 valence electrons. The van der Waals surface area contributed by atoms with Crippen molar-refractivity contribution in [3.8, 4) is 0 Å². The zero-order valence-electron chi connectivity index (χ0n) is 13.4. The van der Waals surface area contributed by atoms with Gasteiger partial charge in [-0.3, -0.25) is 9.36 Å². The second kappa shape index (κ2) is 7.07. The van der Waals surface area contributed by atoms with Crippen LogP contribution in [0.2, 0.25) is 0 Å². The highest BCUT2D eigenvalue weighted by atomic mass is 16.5. The van der Waals surface area contributed by atoms with Crippen LogP contribution in [-0.4, -0.2) is 32.7 Å². The van der Waals surface area contributed by atoms with Crippen molar-refractivity contribution in [3.63, 3.8) is 0 Å². The average molecular weight is 303 g/mol. The third-order valence-corrected chi connectivity index (χ3v) is 4.14. The van der Waals surface area contributed by atoms with Gasteiger partial charge in [0, 0.05) is 62.7 Å². The van der Waals surface area contributed by atoms with Gasteiger partial charge in [0.2, 0.25) is 0 Å². The lowest BCUT2D eigenvalue weighted by molar-refractivity contribution is 0.0904. The smallest absolute Gasteiger partial charge is 0.0896 e. The van der Waals surface area contributed by atoms with Crippen LogP contribution in [0.15, 0.2) is 24.8 Å². The zero-order valence-corrected chi connectivity index (χ0v) is 13.4. The van der Waals surface area contributed by atoms with E-state index in [1.165, 1.54) is 11.1 Å². The van der Waals surface area contributed by atoms with Gasteiger partial charge in [-0.2, -0.15) is 10.2 Å². The van der Waals surface area contributed by atoms with Gasteiger partial charge in [0.25, 0.3) is 0 Å². The fourth-order valence-corrected chi connectivity index (χ4v) is 3.05. The molecule has 1 saturated heterocycles. The van der Waals surface area contributed by atoms with Gasteiger partial charge in [0.05, 0.1) is 18.5 Å². The van der Waals surface area contributed by atoms with Crippen LogP contribution in [0.1, 0.15) is 37.0 Å². The predicted octanol–water partition coefficient (Wildman–Crippen LogP) is 1.89. The Morgan fingerprint density at radius 3 is 3.00 bits per heavy atom. The zero-order chi connectivity index (χ0) is 15.4. The summed E-state index contributed by atoms with van der Waals surface area (Å²) in [6.45, 7) is 5.80. The van der Waals surface area contributed by atoms with Gasteiger partial charge < -0.3 is 10.1 Å². The van der Waals surface area contributed by atoms with Crippen molar-refractivity contribution in [2.45, 2.75) is 39.0 Å². The fourth-order valence-electron chi connectivity index (χ4n) is 3.05. The number of hydrogen-bond donors (Lipinski definition) is 1. The summed E-state index contributed by atoms with van der Waals surface area (Å²) in [5.41, 5.74) is 2.42. The molecule has 0 aliphatic carbocycles. The van der Waals surface area contributed by atoms with Gasteiger partial charge >= 0.3 is 0 Å². The third kappa shape index (κ3) is 3.56. The number of hydrogen-bond acceptors (Lipinski definition) is 4. The molecule has 1 N–H and O–H groups in total. The molecule has 1 aliphatic heterocycles. The van der Waals surface area contributed by atoms with Gasteiger partial charge in [-0.25, -0.2) is 0 Å². The molecular formula is C16H25N5O. The maximum atomic E-state index is 5.89. The van der Waals surface area contributed by atoms with Crippen molar-refractivity contribution in [2.24, 2.45) is 13.0 Å². The van der Waals surface area contributed by atoms with E-state index in [0.717, 1.165) is 39.1 Å². The minimum absolute atomic E-state index is 0.170. The molecule has 2 aromatic heterocycles. The van der Waals surface area contributed by atoms with Gasteiger partial charge in [-0.15, -0.1) is 0 Å². The molecule has 0 unspecified atom stereocenters. The van der Waals surface area contributed by atoms with E-state index in [1.807, 2.05) is 28.8 Å². The van der Waals surface area contributed by atoms with Gasteiger partial charge in [0.15, 0.2) is 0 Å².